The van der Waals surface area contributed by atoms with Crippen LogP contribution in [0.5, 0.6) is 5.75 Å². The Hall–Kier alpha value is -3.27. The number of rotatable bonds is 12. The second-order valence-electron chi connectivity index (χ2n) is 10.8. The maximum absolute atomic E-state index is 13.9. The molecule has 1 atom stereocenters. The normalized spacial score (nSPS) is 14.5. The van der Waals surface area contributed by atoms with Gasteiger partial charge in [-0.25, -0.2) is 8.42 Å². The number of nitrogens with zero attached hydrogens (tertiary/aromatic N) is 2. The number of sulfonamides is 1. The van der Waals surface area contributed by atoms with Gasteiger partial charge in [0.1, 0.15) is 24.9 Å². The van der Waals surface area contributed by atoms with Gasteiger partial charge in [0, 0.05) is 12.6 Å². The summed E-state index contributed by atoms with van der Waals surface area (Å²) in [6.07, 6.45) is 6.07. The van der Waals surface area contributed by atoms with Gasteiger partial charge in [-0.15, -0.1) is 0 Å². The van der Waals surface area contributed by atoms with E-state index in [2.05, 4.69) is 5.32 Å². The molecule has 3 aromatic carbocycles. The molecule has 8 nitrogen and oxygen atoms in total. The lowest BCUT2D eigenvalue weighted by atomic mass is 9.95. The number of hydrogen-bond donors (Lipinski definition) is 1. The highest BCUT2D eigenvalue weighted by atomic mass is 35.5. The van der Waals surface area contributed by atoms with E-state index in [0.29, 0.717) is 33.7 Å². The number of carbonyl (C=O) groups is 2. The molecule has 4 rings (SSSR count). The van der Waals surface area contributed by atoms with E-state index in [9.17, 15) is 18.0 Å². The molecule has 0 saturated heterocycles. The molecule has 0 bridgehead atoms. The molecule has 1 fully saturated rings. The summed E-state index contributed by atoms with van der Waals surface area (Å²) in [5, 5.41) is 3.76. The van der Waals surface area contributed by atoms with Gasteiger partial charge in [-0.2, -0.15) is 0 Å². The van der Waals surface area contributed by atoms with E-state index in [0.717, 1.165) is 48.2 Å². The smallest absolute Gasteiger partial charge is 0.244 e. The minimum absolute atomic E-state index is 0.0405. The predicted octanol–water partition coefficient (Wildman–Crippen LogP) is 6.20. The van der Waals surface area contributed by atoms with Crippen LogP contribution in [0.25, 0.3) is 0 Å². The van der Waals surface area contributed by atoms with Crippen LogP contribution in [0.1, 0.15) is 50.2 Å². The van der Waals surface area contributed by atoms with Gasteiger partial charge < -0.3 is 15.0 Å². The number of hydrogen-bond acceptors (Lipinski definition) is 5. The SMILES string of the molecule is C[C@H](C(=O)NC1CCCCC1)N(Cc1ccc(Cl)c(Cl)c1)C(=O)CN(c1ccc(OCc2ccccc2)cc1)S(C)(=O)=O. The van der Waals surface area contributed by atoms with Crippen LogP contribution in [-0.4, -0.2) is 50.0 Å². The summed E-state index contributed by atoms with van der Waals surface area (Å²) in [6.45, 7) is 1.56. The fourth-order valence-electron chi connectivity index (χ4n) is 5.05. The van der Waals surface area contributed by atoms with E-state index in [-0.39, 0.29) is 18.5 Å². The van der Waals surface area contributed by atoms with E-state index in [4.69, 9.17) is 27.9 Å². The van der Waals surface area contributed by atoms with Gasteiger partial charge in [-0.05, 0) is 67.3 Å². The highest BCUT2D eigenvalue weighted by Crippen LogP contribution is 2.26. The number of nitrogens with one attached hydrogen (secondary N) is 1. The molecule has 230 valence electrons. The van der Waals surface area contributed by atoms with Crippen molar-refractivity contribution in [3.8, 4) is 5.75 Å². The highest BCUT2D eigenvalue weighted by molar-refractivity contribution is 7.92. The molecular weight excluding hydrogens is 609 g/mol. The molecule has 0 aromatic heterocycles. The molecule has 0 radical (unpaired) electrons. The maximum Gasteiger partial charge on any atom is 0.244 e. The average Bonchev–Trinajstić information content (AvgIpc) is 2.99. The van der Waals surface area contributed by atoms with Crippen molar-refractivity contribution in [3.63, 3.8) is 0 Å². The third-order valence-corrected chi connectivity index (χ3v) is 9.39. The Morgan fingerprint density at radius 3 is 2.23 bits per heavy atom. The van der Waals surface area contributed by atoms with Crippen molar-refractivity contribution < 1.29 is 22.7 Å². The summed E-state index contributed by atoms with van der Waals surface area (Å²) >= 11 is 12.3. The van der Waals surface area contributed by atoms with E-state index in [1.165, 1.54) is 4.90 Å². The van der Waals surface area contributed by atoms with Gasteiger partial charge in [0.15, 0.2) is 0 Å². The molecule has 1 aliphatic carbocycles. The predicted molar refractivity (Wildman–Crippen MR) is 171 cm³/mol. The van der Waals surface area contributed by atoms with E-state index in [1.807, 2.05) is 30.3 Å². The Kier molecular flexibility index (Phi) is 11.3. The molecular formula is C32H37Cl2N3O5S. The second-order valence-corrected chi connectivity index (χ2v) is 13.5. The lowest BCUT2D eigenvalue weighted by Crippen LogP contribution is -2.52. The van der Waals surface area contributed by atoms with E-state index in [1.54, 1.807) is 49.4 Å². The first kappa shape index (κ1) is 32.6. The lowest BCUT2D eigenvalue weighted by molar-refractivity contribution is -0.139. The van der Waals surface area contributed by atoms with Crippen LogP contribution in [0.3, 0.4) is 0 Å². The number of benzene rings is 3. The zero-order valence-corrected chi connectivity index (χ0v) is 26.7. The second kappa shape index (κ2) is 14.9. The van der Waals surface area contributed by atoms with Crippen molar-refractivity contribution in [1.29, 1.82) is 0 Å². The molecule has 2 amide bonds. The quantitative estimate of drug-likeness (QED) is 0.253. The molecule has 0 spiro atoms. The highest BCUT2D eigenvalue weighted by Gasteiger charge is 2.31. The average molecular weight is 647 g/mol. The van der Waals surface area contributed by atoms with Crippen LogP contribution < -0.4 is 14.4 Å². The summed E-state index contributed by atoms with van der Waals surface area (Å²) in [6, 6.07) is 20.4. The molecule has 3 aromatic rings. The fourth-order valence-corrected chi connectivity index (χ4v) is 6.22. The summed E-state index contributed by atoms with van der Waals surface area (Å²) < 4.78 is 32.7. The van der Waals surface area contributed by atoms with Crippen LogP contribution in [0.2, 0.25) is 10.0 Å². The van der Waals surface area contributed by atoms with Gasteiger partial charge in [-0.1, -0.05) is 78.9 Å². The summed E-state index contributed by atoms with van der Waals surface area (Å²) in [5.41, 5.74) is 1.96. The minimum Gasteiger partial charge on any atom is -0.489 e. The Bertz CT molecular complexity index is 1500. The van der Waals surface area contributed by atoms with Crippen LogP contribution in [0.15, 0.2) is 72.8 Å². The lowest BCUT2D eigenvalue weighted by Gasteiger charge is -2.33. The number of anilines is 1. The molecule has 1 N–H and O–H groups in total. The molecule has 43 heavy (non-hydrogen) atoms. The molecule has 1 aliphatic rings. The zero-order chi connectivity index (χ0) is 31.0. The van der Waals surface area contributed by atoms with Crippen LogP contribution in [0, 0.1) is 0 Å². The van der Waals surface area contributed by atoms with Gasteiger partial charge in [0.2, 0.25) is 21.8 Å². The van der Waals surface area contributed by atoms with Crippen LogP contribution in [-0.2, 0) is 32.8 Å². The number of halogens is 2. The number of ether oxygens (including phenoxy) is 1. The van der Waals surface area contributed by atoms with Crippen molar-refractivity contribution >= 4 is 50.7 Å². The summed E-state index contributed by atoms with van der Waals surface area (Å²) in [7, 11) is -3.86. The van der Waals surface area contributed by atoms with E-state index < -0.39 is 28.5 Å². The molecule has 1 saturated carbocycles. The Balaban J connectivity index is 1.53. The Labute approximate surface area is 264 Å². The Morgan fingerprint density at radius 2 is 1.60 bits per heavy atom. The van der Waals surface area contributed by atoms with Crippen LogP contribution in [0.4, 0.5) is 5.69 Å². The van der Waals surface area contributed by atoms with Crippen molar-refractivity contribution in [2.75, 3.05) is 17.1 Å². The first-order valence-electron chi connectivity index (χ1n) is 14.3. The topological polar surface area (TPSA) is 96.0 Å². The Morgan fingerprint density at radius 1 is 0.930 bits per heavy atom. The zero-order valence-electron chi connectivity index (χ0n) is 24.3. The van der Waals surface area contributed by atoms with Crippen molar-refractivity contribution in [1.82, 2.24) is 10.2 Å². The molecule has 0 unspecified atom stereocenters. The molecule has 0 aliphatic heterocycles. The first-order valence-corrected chi connectivity index (χ1v) is 16.9. The molecule has 11 heteroatoms. The van der Waals surface area contributed by atoms with Crippen molar-refractivity contribution in [2.45, 2.75) is 64.3 Å². The van der Waals surface area contributed by atoms with Gasteiger partial charge in [-0.3, -0.25) is 13.9 Å². The van der Waals surface area contributed by atoms with Crippen molar-refractivity contribution in [2.24, 2.45) is 0 Å². The van der Waals surface area contributed by atoms with Gasteiger partial charge >= 0.3 is 0 Å². The van der Waals surface area contributed by atoms with Crippen molar-refractivity contribution in [3.05, 3.63) is 94.0 Å². The monoisotopic (exact) mass is 645 g/mol. The van der Waals surface area contributed by atoms with Gasteiger partial charge in [0.05, 0.1) is 22.0 Å². The summed E-state index contributed by atoms with van der Waals surface area (Å²) in [5.74, 6) is -0.264. The summed E-state index contributed by atoms with van der Waals surface area (Å²) in [4.78, 5) is 28.6. The first-order chi connectivity index (χ1) is 20.5. The molecule has 0 heterocycles. The minimum atomic E-state index is -3.86. The largest absolute Gasteiger partial charge is 0.489 e. The fraction of sp³-hybridized carbons (Fsp3) is 0.375. The van der Waals surface area contributed by atoms with E-state index >= 15 is 0 Å². The maximum atomic E-state index is 13.9. The van der Waals surface area contributed by atoms with Crippen LogP contribution >= 0.6 is 23.2 Å². The number of carbonyl (C=O) groups excluding carboxylic acids is 2. The number of amides is 2. The standard InChI is InChI=1S/C32H37Cl2N3O5S/c1-23(32(39)35-26-11-7-4-8-12-26)36(20-25-13-18-29(33)30(34)19-25)31(38)21-37(43(2,40)41)27-14-16-28(17-15-27)42-22-24-9-5-3-6-10-24/h3,5-6,9-10,13-19,23,26H,4,7-8,11-12,20-22H2,1-2H3,(H,35,39)/t23-/m1/s1. The van der Waals surface area contributed by atoms with Gasteiger partial charge in [0.25, 0.3) is 0 Å². The third kappa shape index (κ3) is 9.36. The third-order valence-electron chi connectivity index (χ3n) is 7.51.